The van der Waals surface area contributed by atoms with Crippen LogP contribution in [0, 0.1) is 0 Å². The van der Waals surface area contributed by atoms with Gasteiger partial charge in [0.05, 0.1) is 43.5 Å². The Morgan fingerprint density at radius 1 is 1.06 bits per heavy atom. The van der Waals surface area contributed by atoms with Gasteiger partial charge in [0.2, 0.25) is 5.91 Å². The van der Waals surface area contributed by atoms with Crippen LogP contribution in [-0.4, -0.2) is 60.0 Å². The van der Waals surface area contributed by atoms with Crippen molar-refractivity contribution in [3.63, 3.8) is 0 Å². The third-order valence-corrected chi connectivity index (χ3v) is 6.47. The molecule has 0 aromatic heterocycles. The zero-order chi connectivity index (χ0) is 24.8. The molecule has 190 valence electrons. The molecule has 1 amide bonds. The lowest BCUT2D eigenvalue weighted by molar-refractivity contribution is -0.158. The first-order chi connectivity index (χ1) is 16.8. The molecular weight excluding hydrogens is 461 g/mol. The SMILES string of the molecule is O=C(C[C@H]1CC[C@H]2[C@@H](COC[C@H](O)CN2Cc2cccc(C(F)(F)F)c2)O1)NCc1ccccc1. The highest BCUT2D eigenvalue weighted by Gasteiger charge is 2.38. The van der Waals surface area contributed by atoms with Crippen LogP contribution < -0.4 is 5.32 Å². The van der Waals surface area contributed by atoms with E-state index in [0.717, 1.165) is 17.7 Å². The van der Waals surface area contributed by atoms with E-state index in [1.54, 1.807) is 6.07 Å². The van der Waals surface area contributed by atoms with Crippen molar-refractivity contribution in [2.24, 2.45) is 0 Å². The molecule has 0 saturated carbocycles. The average Bonchev–Trinajstić information content (AvgIpc) is 2.82. The number of benzene rings is 2. The number of nitrogens with one attached hydrogen (secondary N) is 1. The molecule has 35 heavy (non-hydrogen) atoms. The summed E-state index contributed by atoms with van der Waals surface area (Å²) in [4.78, 5) is 14.5. The van der Waals surface area contributed by atoms with Crippen LogP contribution in [0.3, 0.4) is 0 Å². The van der Waals surface area contributed by atoms with Crippen LogP contribution in [0.5, 0.6) is 0 Å². The van der Waals surface area contributed by atoms with Gasteiger partial charge in [-0.1, -0.05) is 48.5 Å². The molecule has 2 aliphatic rings. The third-order valence-electron chi connectivity index (χ3n) is 6.47. The van der Waals surface area contributed by atoms with Gasteiger partial charge in [0.15, 0.2) is 0 Å². The number of nitrogens with zero attached hydrogens (tertiary/aromatic N) is 1. The number of fused-ring (bicyclic) bond motifs is 1. The molecule has 0 bridgehead atoms. The lowest BCUT2D eigenvalue weighted by atomic mass is 9.94. The van der Waals surface area contributed by atoms with Crippen molar-refractivity contribution in [2.75, 3.05) is 19.8 Å². The Balaban J connectivity index is 1.38. The number of aliphatic hydroxyl groups excluding tert-OH is 1. The first kappa shape index (κ1) is 25.6. The van der Waals surface area contributed by atoms with Crippen molar-refractivity contribution < 1.29 is 32.5 Å². The Morgan fingerprint density at radius 2 is 1.83 bits per heavy atom. The van der Waals surface area contributed by atoms with Crippen molar-refractivity contribution in [1.29, 1.82) is 0 Å². The normalized spacial score (nSPS) is 25.8. The molecule has 9 heteroatoms. The van der Waals surface area contributed by atoms with Crippen LogP contribution in [0.4, 0.5) is 13.2 Å². The van der Waals surface area contributed by atoms with Crippen molar-refractivity contribution >= 4 is 5.91 Å². The van der Waals surface area contributed by atoms with Gasteiger partial charge >= 0.3 is 6.18 Å². The van der Waals surface area contributed by atoms with Crippen molar-refractivity contribution in [1.82, 2.24) is 10.2 Å². The highest BCUT2D eigenvalue weighted by Crippen LogP contribution is 2.32. The standard InChI is InChI=1S/C26H31F3N2O4/c27-26(28,29)20-8-4-7-19(11-20)14-31-15-21(32)16-34-17-24-23(31)10-9-22(35-24)12-25(33)30-13-18-5-2-1-3-6-18/h1-8,11,21-24,32H,9-10,12-17H2,(H,30,33)/t21-,22-,23+,24-/m1/s1. The predicted molar refractivity (Wildman–Crippen MR) is 123 cm³/mol. The molecule has 4 atom stereocenters. The summed E-state index contributed by atoms with van der Waals surface area (Å²) in [7, 11) is 0. The molecule has 2 saturated heterocycles. The van der Waals surface area contributed by atoms with Gasteiger partial charge in [-0.05, 0) is 30.0 Å². The quantitative estimate of drug-likeness (QED) is 0.646. The topological polar surface area (TPSA) is 71.0 Å². The molecule has 2 N–H and O–H groups in total. The van der Waals surface area contributed by atoms with Crippen LogP contribution >= 0.6 is 0 Å². The number of carbonyl (C=O) groups is 1. The smallest absolute Gasteiger partial charge is 0.389 e. The van der Waals surface area contributed by atoms with E-state index in [4.69, 9.17) is 9.47 Å². The maximum absolute atomic E-state index is 13.2. The Bertz CT molecular complexity index is 973. The molecule has 0 spiro atoms. The fourth-order valence-corrected chi connectivity index (χ4v) is 4.78. The van der Waals surface area contributed by atoms with E-state index in [1.807, 2.05) is 35.2 Å². The molecule has 0 unspecified atom stereocenters. The minimum atomic E-state index is -4.41. The average molecular weight is 493 g/mol. The number of carbonyl (C=O) groups excluding carboxylic acids is 1. The van der Waals surface area contributed by atoms with Gasteiger partial charge in [-0.3, -0.25) is 9.69 Å². The molecule has 0 radical (unpaired) electrons. The van der Waals surface area contributed by atoms with Gasteiger partial charge in [0, 0.05) is 25.7 Å². The van der Waals surface area contributed by atoms with E-state index >= 15 is 0 Å². The number of hydrogen-bond donors (Lipinski definition) is 2. The molecular formula is C26H31F3N2O4. The Morgan fingerprint density at radius 3 is 2.60 bits per heavy atom. The minimum Gasteiger partial charge on any atom is -0.389 e. The van der Waals surface area contributed by atoms with Crippen LogP contribution in [-0.2, 0) is 33.5 Å². The largest absolute Gasteiger partial charge is 0.416 e. The lowest BCUT2D eigenvalue weighted by Crippen LogP contribution is -2.55. The summed E-state index contributed by atoms with van der Waals surface area (Å²) in [5.74, 6) is -0.0969. The highest BCUT2D eigenvalue weighted by atomic mass is 19.4. The molecule has 0 aliphatic carbocycles. The summed E-state index contributed by atoms with van der Waals surface area (Å²) >= 11 is 0. The number of β-amino-alcohol motifs (C(OH)–C–C–N with tert-alkyl or cyclic N) is 1. The summed E-state index contributed by atoms with van der Waals surface area (Å²) in [6.07, 6.45) is -4.21. The monoisotopic (exact) mass is 492 g/mol. The third kappa shape index (κ3) is 7.27. The summed E-state index contributed by atoms with van der Waals surface area (Å²) in [6, 6.07) is 14.8. The second kappa shape index (κ2) is 11.5. The number of hydrogen-bond acceptors (Lipinski definition) is 5. The van der Waals surface area contributed by atoms with E-state index in [0.29, 0.717) is 24.9 Å². The van der Waals surface area contributed by atoms with Gasteiger partial charge in [0.25, 0.3) is 0 Å². The van der Waals surface area contributed by atoms with Crippen LogP contribution in [0.15, 0.2) is 54.6 Å². The van der Waals surface area contributed by atoms with Gasteiger partial charge in [0.1, 0.15) is 0 Å². The van der Waals surface area contributed by atoms with Gasteiger partial charge in [-0.25, -0.2) is 0 Å². The van der Waals surface area contributed by atoms with Gasteiger partial charge in [-0.2, -0.15) is 13.2 Å². The number of ether oxygens (including phenoxy) is 2. The summed E-state index contributed by atoms with van der Waals surface area (Å²) < 4.78 is 51.4. The zero-order valence-electron chi connectivity index (χ0n) is 19.4. The van der Waals surface area contributed by atoms with E-state index in [2.05, 4.69) is 5.32 Å². The van der Waals surface area contributed by atoms with Crippen molar-refractivity contribution in [2.45, 2.75) is 62.9 Å². The minimum absolute atomic E-state index is 0.0969. The maximum Gasteiger partial charge on any atom is 0.416 e. The first-order valence-corrected chi connectivity index (χ1v) is 11.9. The van der Waals surface area contributed by atoms with Crippen LogP contribution in [0.25, 0.3) is 0 Å². The fraction of sp³-hybridized carbons (Fsp3) is 0.500. The fourth-order valence-electron chi connectivity index (χ4n) is 4.78. The van der Waals surface area contributed by atoms with E-state index < -0.39 is 17.8 Å². The Hall–Kier alpha value is -2.46. The molecule has 6 nitrogen and oxygen atoms in total. The van der Waals surface area contributed by atoms with E-state index in [-0.39, 0.29) is 56.9 Å². The number of alkyl halides is 3. The molecule has 2 fully saturated rings. The zero-order valence-corrected chi connectivity index (χ0v) is 19.4. The van der Waals surface area contributed by atoms with E-state index in [9.17, 15) is 23.1 Å². The Labute approximate surface area is 203 Å². The molecule has 2 aromatic carbocycles. The molecule has 4 rings (SSSR count). The number of rotatable bonds is 6. The molecule has 2 aromatic rings. The lowest BCUT2D eigenvalue weighted by Gasteiger charge is -2.44. The van der Waals surface area contributed by atoms with Crippen molar-refractivity contribution in [3.8, 4) is 0 Å². The predicted octanol–water partition coefficient (Wildman–Crippen LogP) is 3.52. The second-order valence-corrected chi connectivity index (χ2v) is 9.23. The summed E-state index contributed by atoms with van der Waals surface area (Å²) in [5, 5.41) is 13.2. The number of halogens is 3. The summed E-state index contributed by atoms with van der Waals surface area (Å²) in [5.41, 5.74) is 0.848. The first-order valence-electron chi connectivity index (χ1n) is 11.9. The molecule has 2 aliphatic heterocycles. The number of amides is 1. The summed E-state index contributed by atoms with van der Waals surface area (Å²) in [6.45, 7) is 1.35. The van der Waals surface area contributed by atoms with E-state index in [1.165, 1.54) is 6.07 Å². The van der Waals surface area contributed by atoms with Crippen LogP contribution in [0.1, 0.15) is 36.0 Å². The van der Waals surface area contributed by atoms with Gasteiger partial charge in [-0.15, -0.1) is 0 Å². The van der Waals surface area contributed by atoms with Crippen LogP contribution in [0.2, 0.25) is 0 Å². The molecule has 2 heterocycles. The Kier molecular flexibility index (Phi) is 8.43. The second-order valence-electron chi connectivity index (χ2n) is 9.23. The van der Waals surface area contributed by atoms with Crippen molar-refractivity contribution in [3.05, 3.63) is 71.3 Å². The number of aliphatic hydroxyl groups is 1. The van der Waals surface area contributed by atoms with Gasteiger partial charge < -0.3 is 19.9 Å². The highest BCUT2D eigenvalue weighted by molar-refractivity contribution is 5.76. The maximum atomic E-state index is 13.2.